The van der Waals surface area contributed by atoms with Gasteiger partial charge < -0.3 is 4.90 Å². The molecular weight excluding hydrogens is 88.1 g/mol. The first-order chi connectivity index (χ1) is 3.43. The van der Waals surface area contributed by atoms with Gasteiger partial charge in [-0.15, -0.1) is 0 Å². The van der Waals surface area contributed by atoms with Crippen molar-refractivity contribution in [2.45, 2.75) is 6.42 Å². The van der Waals surface area contributed by atoms with Crippen LogP contribution >= 0.6 is 0 Å². The standard InChI is InChI=1S/C5H9N2/c6-5-7-3-1-2-4-7/h1,5-6H,2-4H2. The molecule has 1 N–H and O–H groups in total. The summed E-state index contributed by atoms with van der Waals surface area (Å²) in [6, 6.07) is 0. The lowest BCUT2D eigenvalue weighted by molar-refractivity contribution is 0.540. The van der Waals surface area contributed by atoms with E-state index in [1.807, 2.05) is 4.90 Å². The van der Waals surface area contributed by atoms with Gasteiger partial charge in [-0.05, 0) is 12.8 Å². The van der Waals surface area contributed by atoms with Crippen LogP contribution in [0.2, 0.25) is 0 Å². The number of likely N-dealkylation sites (tertiary alicyclic amines) is 1. The minimum atomic E-state index is 0.976. The average molecular weight is 97.1 g/mol. The molecule has 0 saturated carbocycles. The van der Waals surface area contributed by atoms with Gasteiger partial charge in [0.1, 0.15) is 0 Å². The van der Waals surface area contributed by atoms with Crippen LogP contribution in [-0.4, -0.2) is 24.3 Å². The maximum absolute atomic E-state index is 6.78. The molecule has 0 aromatic heterocycles. The van der Waals surface area contributed by atoms with Crippen molar-refractivity contribution in [2.24, 2.45) is 0 Å². The summed E-state index contributed by atoms with van der Waals surface area (Å²) in [5.74, 6) is 0. The molecule has 39 valence electrons. The molecule has 1 aliphatic heterocycles. The van der Waals surface area contributed by atoms with Crippen LogP contribution in [0.25, 0.3) is 0 Å². The largest absolute Gasteiger partial charge is 0.363 e. The van der Waals surface area contributed by atoms with Crippen molar-refractivity contribution < 1.29 is 0 Å². The summed E-state index contributed by atoms with van der Waals surface area (Å²) in [5, 5.41) is 6.78. The van der Waals surface area contributed by atoms with Crippen LogP contribution in [0.4, 0.5) is 0 Å². The predicted octanol–water partition coefficient (Wildman–Crippen LogP) is 0.503. The van der Waals surface area contributed by atoms with Crippen LogP contribution in [0.3, 0.4) is 0 Å². The molecule has 0 aliphatic carbocycles. The molecule has 0 spiro atoms. The molecule has 1 radical (unpaired) electrons. The zero-order chi connectivity index (χ0) is 5.11. The van der Waals surface area contributed by atoms with Crippen molar-refractivity contribution in [3.05, 3.63) is 6.42 Å². The van der Waals surface area contributed by atoms with Crippen molar-refractivity contribution in [3.63, 3.8) is 0 Å². The van der Waals surface area contributed by atoms with Crippen LogP contribution in [-0.2, 0) is 0 Å². The zero-order valence-electron chi connectivity index (χ0n) is 4.22. The summed E-state index contributed by atoms with van der Waals surface area (Å²) >= 11 is 0. The van der Waals surface area contributed by atoms with Crippen molar-refractivity contribution in [1.82, 2.24) is 4.90 Å². The molecule has 1 heterocycles. The highest BCUT2D eigenvalue weighted by Crippen LogP contribution is 2.01. The highest BCUT2D eigenvalue weighted by molar-refractivity contribution is 5.51. The third kappa shape index (κ3) is 0.918. The second-order valence-corrected chi connectivity index (χ2v) is 1.70. The topological polar surface area (TPSA) is 27.1 Å². The monoisotopic (exact) mass is 97.1 g/mol. The summed E-state index contributed by atoms with van der Waals surface area (Å²) in [7, 11) is 0. The van der Waals surface area contributed by atoms with Gasteiger partial charge in [-0.25, -0.2) is 0 Å². The van der Waals surface area contributed by atoms with Gasteiger partial charge in [-0.1, -0.05) is 0 Å². The summed E-state index contributed by atoms with van der Waals surface area (Å²) in [6.45, 7) is 2.02. The fourth-order valence-corrected chi connectivity index (χ4v) is 0.723. The van der Waals surface area contributed by atoms with Crippen molar-refractivity contribution in [3.8, 4) is 0 Å². The second kappa shape index (κ2) is 1.96. The van der Waals surface area contributed by atoms with E-state index in [9.17, 15) is 0 Å². The van der Waals surface area contributed by atoms with Crippen molar-refractivity contribution in [1.29, 1.82) is 5.41 Å². The lowest BCUT2D eigenvalue weighted by Crippen LogP contribution is -2.15. The molecule has 0 unspecified atom stereocenters. The Kier molecular flexibility index (Phi) is 1.29. The molecule has 1 rings (SSSR count). The Hall–Kier alpha value is -0.530. The molecule has 0 bridgehead atoms. The molecule has 0 aromatic carbocycles. The number of hydrogen-bond donors (Lipinski definition) is 1. The Morgan fingerprint density at radius 3 is 2.86 bits per heavy atom. The van der Waals surface area contributed by atoms with Gasteiger partial charge in [-0.3, -0.25) is 5.41 Å². The van der Waals surface area contributed by atoms with Crippen LogP contribution in [0.1, 0.15) is 6.42 Å². The number of rotatable bonds is 1. The first kappa shape index (κ1) is 4.62. The number of nitrogens with zero attached hydrogens (tertiary/aromatic N) is 1. The van der Waals surface area contributed by atoms with Gasteiger partial charge in [0.15, 0.2) is 0 Å². The minimum absolute atomic E-state index is 0.976. The van der Waals surface area contributed by atoms with E-state index in [4.69, 9.17) is 5.41 Å². The summed E-state index contributed by atoms with van der Waals surface area (Å²) in [5.41, 5.74) is 0. The SMILES string of the molecule is N=CN1C[CH]CC1. The third-order valence-electron chi connectivity index (χ3n) is 1.17. The van der Waals surface area contributed by atoms with Gasteiger partial charge in [0.25, 0.3) is 0 Å². The highest BCUT2D eigenvalue weighted by atomic mass is 15.1. The number of nitrogens with one attached hydrogen (secondary N) is 1. The Labute approximate surface area is 43.6 Å². The summed E-state index contributed by atoms with van der Waals surface area (Å²) in [6.07, 6.45) is 4.73. The second-order valence-electron chi connectivity index (χ2n) is 1.70. The lowest BCUT2D eigenvalue weighted by atomic mass is 10.4. The molecule has 7 heavy (non-hydrogen) atoms. The van der Waals surface area contributed by atoms with E-state index in [1.165, 1.54) is 6.34 Å². The molecule has 0 atom stereocenters. The average Bonchev–Trinajstić information content (AvgIpc) is 2.14. The Morgan fingerprint density at radius 1 is 1.71 bits per heavy atom. The number of hydrogen-bond acceptors (Lipinski definition) is 1. The fraction of sp³-hybridized carbons (Fsp3) is 0.600. The Morgan fingerprint density at radius 2 is 2.57 bits per heavy atom. The molecule has 0 amide bonds. The van der Waals surface area contributed by atoms with E-state index >= 15 is 0 Å². The van der Waals surface area contributed by atoms with E-state index < -0.39 is 0 Å². The third-order valence-corrected chi connectivity index (χ3v) is 1.17. The quantitative estimate of drug-likeness (QED) is 0.374. The van der Waals surface area contributed by atoms with Crippen LogP contribution in [0.5, 0.6) is 0 Å². The smallest absolute Gasteiger partial charge is 0.0817 e. The van der Waals surface area contributed by atoms with Crippen LogP contribution < -0.4 is 0 Å². The lowest BCUT2D eigenvalue weighted by Gasteiger charge is -2.05. The van der Waals surface area contributed by atoms with Crippen LogP contribution in [0, 0.1) is 11.8 Å². The molecule has 1 fully saturated rings. The molecule has 2 nitrogen and oxygen atoms in total. The molecule has 0 aromatic rings. The van der Waals surface area contributed by atoms with Gasteiger partial charge in [0, 0.05) is 13.1 Å². The minimum Gasteiger partial charge on any atom is -0.363 e. The normalized spacial score (nSPS) is 20.3. The summed E-state index contributed by atoms with van der Waals surface area (Å²) in [4.78, 5) is 1.97. The maximum Gasteiger partial charge on any atom is 0.0817 e. The van der Waals surface area contributed by atoms with Gasteiger partial charge in [-0.2, -0.15) is 0 Å². The predicted molar refractivity (Wildman–Crippen MR) is 29.3 cm³/mol. The zero-order valence-corrected chi connectivity index (χ0v) is 4.22. The van der Waals surface area contributed by atoms with Gasteiger partial charge >= 0.3 is 0 Å². The molecular formula is C5H9N2. The first-order valence-corrected chi connectivity index (χ1v) is 2.50. The maximum atomic E-state index is 6.78. The van der Waals surface area contributed by atoms with Crippen LogP contribution in [0.15, 0.2) is 0 Å². The van der Waals surface area contributed by atoms with E-state index in [2.05, 4.69) is 6.42 Å². The van der Waals surface area contributed by atoms with Gasteiger partial charge in [0.2, 0.25) is 0 Å². The van der Waals surface area contributed by atoms with E-state index in [-0.39, 0.29) is 0 Å². The van der Waals surface area contributed by atoms with Crippen molar-refractivity contribution >= 4 is 6.34 Å². The molecule has 1 saturated heterocycles. The molecule has 2 heteroatoms. The van der Waals surface area contributed by atoms with Gasteiger partial charge in [0.05, 0.1) is 6.34 Å². The Balaban J connectivity index is 2.26. The van der Waals surface area contributed by atoms with E-state index in [1.54, 1.807) is 0 Å². The Bertz CT molecular complexity index is 64.5. The van der Waals surface area contributed by atoms with Crippen molar-refractivity contribution in [2.75, 3.05) is 13.1 Å². The first-order valence-electron chi connectivity index (χ1n) is 2.50. The molecule has 1 aliphatic rings. The highest BCUT2D eigenvalue weighted by Gasteiger charge is 2.05. The summed E-state index contributed by atoms with van der Waals surface area (Å²) < 4.78 is 0. The van der Waals surface area contributed by atoms with E-state index in [0.717, 1.165) is 19.5 Å². The van der Waals surface area contributed by atoms with E-state index in [0.29, 0.717) is 0 Å². The fourth-order valence-electron chi connectivity index (χ4n) is 0.723.